The van der Waals surface area contributed by atoms with Crippen LogP contribution in [0.4, 0.5) is 10.1 Å². The number of sulfonamides is 1. The van der Waals surface area contributed by atoms with Gasteiger partial charge in [0.25, 0.3) is 0 Å². The van der Waals surface area contributed by atoms with E-state index in [0.717, 1.165) is 28.9 Å². The van der Waals surface area contributed by atoms with Crippen molar-refractivity contribution in [3.8, 4) is 11.1 Å². The molecule has 0 radical (unpaired) electrons. The number of aromatic nitrogens is 1. The quantitative estimate of drug-likeness (QED) is 0.390. The zero-order valence-electron chi connectivity index (χ0n) is 15.1. The molecule has 2 N–H and O–H groups in total. The van der Waals surface area contributed by atoms with Gasteiger partial charge in [0.05, 0.1) is 23.7 Å². The first-order chi connectivity index (χ1) is 12.7. The molecule has 0 unspecified atom stereocenters. The number of halogens is 1. The summed E-state index contributed by atoms with van der Waals surface area (Å²) in [6.45, 7) is 4.03. The fraction of sp³-hybridized carbons (Fsp3) is 0.211. The second kappa shape index (κ2) is 7.03. The van der Waals surface area contributed by atoms with Gasteiger partial charge in [-0.05, 0) is 43.7 Å². The third-order valence-corrected chi connectivity index (χ3v) is 4.81. The number of anilines is 1. The Morgan fingerprint density at radius 3 is 2.56 bits per heavy atom. The fourth-order valence-corrected chi connectivity index (χ4v) is 3.60. The van der Waals surface area contributed by atoms with Crippen molar-refractivity contribution >= 4 is 32.8 Å². The molecule has 27 heavy (non-hydrogen) atoms. The van der Waals surface area contributed by atoms with Crippen molar-refractivity contribution in [1.82, 2.24) is 4.57 Å². The predicted molar refractivity (Wildman–Crippen MR) is 106 cm³/mol. The minimum absolute atomic E-state index is 0.125. The summed E-state index contributed by atoms with van der Waals surface area (Å²) < 4.78 is 41.8. The third kappa shape index (κ3) is 3.95. The van der Waals surface area contributed by atoms with Crippen LogP contribution < -0.4 is 4.72 Å². The van der Waals surface area contributed by atoms with Crippen LogP contribution >= 0.6 is 0 Å². The zero-order valence-corrected chi connectivity index (χ0v) is 16.0. The lowest BCUT2D eigenvalue weighted by Gasteiger charge is -2.10. The van der Waals surface area contributed by atoms with Gasteiger partial charge in [-0.25, -0.2) is 12.8 Å². The average molecular weight is 389 g/mol. The highest BCUT2D eigenvalue weighted by atomic mass is 32.2. The molecule has 3 rings (SSSR count). The number of hydrogen-bond acceptors (Lipinski definition) is 4. The Morgan fingerprint density at radius 2 is 1.96 bits per heavy atom. The number of rotatable bonds is 5. The van der Waals surface area contributed by atoms with Crippen molar-refractivity contribution in [1.29, 1.82) is 0 Å². The van der Waals surface area contributed by atoms with E-state index in [9.17, 15) is 12.8 Å². The number of nitrogens with one attached hydrogen (secondary N) is 1. The summed E-state index contributed by atoms with van der Waals surface area (Å²) >= 11 is 0. The molecule has 0 bridgehead atoms. The lowest BCUT2D eigenvalue weighted by Crippen LogP contribution is -2.09. The summed E-state index contributed by atoms with van der Waals surface area (Å²) in [6.07, 6.45) is 4.07. The molecular weight excluding hydrogens is 369 g/mol. The molecule has 0 atom stereocenters. The van der Waals surface area contributed by atoms with Crippen LogP contribution in [0.5, 0.6) is 0 Å². The van der Waals surface area contributed by atoms with E-state index in [-0.39, 0.29) is 11.6 Å². The van der Waals surface area contributed by atoms with Gasteiger partial charge in [-0.3, -0.25) is 4.72 Å². The first-order valence-electron chi connectivity index (χ1n) is 8.29. The summed E-state index contributed by atoms with van der Waals surface area (Å²) in [5.74, 6) is -0.494. The average Bonchev–Trinajstić information content (AvgIpc) is 2.94. The summed E-state index contributed by atoms with van der Waals surface area (Å²) in [4.78, 5) is 0. The summed E-state index contributed by atoms with van der Waals surface area (Å²) in [5.41, 5.74) is 3.01. The number of hydrogen-bond donors (Lipinski definition) is 2. The van der Waals surface area contributed by atoms with Gasteiger partial charge in [0.2, 0.25) is 10.0 Å². The molecular formula is C19H20FN3O3S. The predicted octanol–water partition coefficient (Wildman–Crippen LogP) is 4.21. The lowest BCUT2D eigenvalue weighted by atomic mass is 10.0. The molecule has 0 aliphatic rings. The maximum Gasteiger partial charge on any atom is 0.229 e. The molecule has 142 valence electrons. The fourth-order valence-electron chi connectivity index (χ4n) is 3.05. The molecule has 0 saturated heterocycles. The smallest absolute Gasteiger partial charge is 0.229 e. The standard InChI is InChI=1S/C19H20FN3O3S/c1-12(2)23-11-17(13-4-5-14(10-21-24)18(20)8-13)16-7-6-15(9-19(16)23)22-27(3,25)26/h4-12,22,24H,1-3H3/b21-10-. The van der Waals surface area contributed by atoms with E-state index < -0.39 is 15.8 Å². The molecule has 8 heteroatoms. The minimum atomic E-state index is -3.38. The first-order valence-corrected chi connectivity index (χ1v) is 10.2. The molecule has 0 amide bonds. The van der Waals surface area contributed by atoms with Crippen LogP contribution in [0, 0.1) is 5.82 Å². The SMILES string of the molecule is CC(C)n1cc(-c2ccc(/C=N\O)c(F)c2)c2ccc(NS(C)(=O)=O)cc21. The van der Waals surface area contributed by atoms with E-state index in [1.807, 2.05) is 30.7 Å². The Kier molecular flexibility index (Phi) is 4.93. The molecule has 0 spiro atoms. The van der Waals surface area contributed by atoms with Crippen LogP contribution in [0.2, 0.25) is 0 Å². The van der Waals surface area contributed by atoms with E-state index in [4.69, 9.17) is 5.21 Å². The topological polar surface area (TPSA) is 83.7 Å². The van der Waals surface area contributed by atoms with Gasteiger partial charge < -0.3 is 9.77 Å². The number of benzene rings is 2. The van der Waals surface area contributed by atoms with Crippen molar-refractivity contribution in [3.05, 3.63) is 54.0 Å². The second-order valence-electron chi connectivity index (χ2n) is 6.63. The summed E-state index contributed by atoms with van der Waals surface area (Å²) in [6, 6.07) is 10.1. The van der Waals surface area contributed by atoms with Crippen LogP contribution in [0.1, 0.15) is 25.5 Å². The maximum atomic E-state index is 14.3. The molecule has 1 heterocycles. The Hall–Kier alpha value is -2.87. The normalized spacial score (nSPS) is 12.3. The molecule has 2 aromatic carbocycles. The van der Waals surface area contributed by atoms with Gasteiger partial charge in [-0.15, -0.1) is 0 Å². The molecule has 6 nitrogen and oxygen atoms in total. The lowest BCUT2D eigenvalue weighted by molar-refractivity contribution is 0.321. The third-order valence-electron chi connectivity index (χ3n) is 4.20. The Morgan fingerprint density at radius 1 is 1.22 bits per heavy atom. The first kappa shape index (κ1) is 18.9. The summed E-state index contributed by atoms with van der Waals surface area (Å²) in [7, 11) is -3.38. The van der Waals surface area contributed by atoms with Gasteiger partial charge in [0.15, 0.2) is 0 Å². The highest BCUT2D eigenvalue weighted by Gasteiger charge is 2.15. The van der Waals surface area contributed by atoms with E-state index in [1.165, 1.54) is 6.07 Å². The van der Waals surface area contributed by atoms with E-state index in [0.29, 0.717) is 11.3 Å². The monoisotopic (exact) mass is 389 g/mol. The summed E-state index contributed by atoms with van der Waals surface area (Å²) in [5, 5.41) is 12.3. The van der Waals surface area contributed by atoms with Crippen LogP contribution in [0.15, 0.2) is 47.8 Å². The van der Waals surface area contributed by atoms with E-state index in [1.54, 1.807) is 24.3 Å². The van der Waals surface area contributed by atoms with Crippen LogP contribution in [-0.4, -0.2) is 30.7 Å². The number of nitrogens with zero attached hydrogens (tertiary/aromatic N) is 2. The van der Waals surface area contributed by atoms with Gasteiger partial charge in [0, 0.05) is 28.8 Å². The Labute approximate surface area is 157 Å². The highest BCUT2D eigenvalue weighted by molar-refractivity contribution is 7.92. The zero-order chi connectivity index (χ0) is 19.8. The second-order valence-corrected chi connectivity index (χ2v) is 8.38. The van der Waals surface area contributed by atoms with Crippen molar-refractivity contribution < 1.29 is 18.0 Å². The minimum Gasteiger partial charge on any atom is -0.411 e. The molecule has 1 aromatic heterocycles. The van der Waals surface area contributed by atoms with Crippen molar-refractivity contribution in [2.24, 2.45) is 5.16 Å². The van der Waals surface area contributed by atoms with Gasteiger partial charge in [-0.1, -0.05) is 17.3 Å². The van der Waals surface area contributed by atoms with Crippen molar-refractivity contribution in [2.75, 3.05) is 11.0 Å². The molecule has 0 saturated carbocycles. The molecule has 0 fully saturated rings. The van der Waals surface area contributed by atoms with Crippen molar-refractivity contribution in [3.63, 3.8) is 0 Å². The Bertz CT molecular complexity index is 1130. The van der Waals surface area contributed by atoms with E-state index >= 15 is 0 Å². The Balaban J connectivity index is 2.18. The number of oxime groups is 1. The van der Waals surface area contributed by atoms with Crippen LogP contribution in [0.3, 0.4) is 0 Å². The van der Waals surface area contributed by atoms with Crippen LogP contribution in [0.25, 0.3) is 22.0 Å². The van der Waals surface area contributed by atoms with Crippen molar-refractivity contribution in [2.45, 2.75) is 19.9 Å². The molecule has 0 aliphatic heterocycles. The number of fused-ring (bicyclic) bond motifs is 1. The van der Waals surface area contributed by atoms with E-state index in [2.05, 4.69) is 9.88 Å². The van der Waals surface area contributed by atoms with Gasteiger partial charge in [0.1, 0.15) is 5.82 Å². The maximum absolute atomic E-state index is 14.3. The highest BCUT2D eigenvalue weighted by Crippen LogP contribution is 2.34. The van der Waals surface area contributed by atoms with Crippen LogP contribution in [-0.2, 0) is 10.0 Å². The van der Waals surface area contributed by atoms with Gasteiger partial charge in [-0.2, -0.15) is 0 Å². The molecule has 0 aliphatic carbocycles. The molecule has 3 aromatic rings. The van der Waals surface area contributed by atoms with Gasteiger partial charge >= 0.3 is 0 Å². The largest absolute Gasteiger partial charge is 0.411 e.